The van der Waals surface area contributed by atoms with Gasteiger partial charge >= 0.3 is 5.97 Å². The highest BCUT2D eigenvalue weighted by Gasteiger charge is 2.19. The molecule has 17 heavy (non-hydrogen) atoms. The summed E-state index contributed by atoms with van der Waals surface area (Å²) in [5.41, 5.74) is 5.46. The first-order valence-corrected chi connectivity index (χ1v) is 5.90. The molecule has 0 saturated heterocycles. The van der Waals surface area contributed by atoms with Crippen molar-refractivity contribution in [1.29, 1.82) is 0 Å². The first-order valence-electron chi connectivity index (χ1n) is 5.90. The Balaban J connectivity index is 4.06. The topological polar surface area (TPSA) is 95.7 Å². The van der Waals surface area contributed by atoms with E-state index < -0.39 is 17.9 Å². The van der Waals surface area contributed by atoms with Gasteiger partial charge in [-0.15, -0.1) is 0 Å². The van der Waals surface area contributed by atoms with Gasteiger partial charge in [0, 0.05) is 12.6 Å². The fourth-order valence-electron chi connectivity index (χ4n) is 1.55. The maximum atomic E-state index is 11.5. The number of carboxylic acid groups (broad SMARTS) is 1. The number of aliphatic carboxylic acids is 1. The number of carbonyl (C=O) groups is 2. The van der Waals surface area contributed by atoms with Gasteiger partial charge in [-0.2, -0.15) is 0 Å². The molecule has 6 nitrogen and oxygen atoms in total. The van der Waals surface area contributed by atoms with Gasteiger partial charge in [0.2, 0.25) is 5.91 Å². The largest absolute Gasteiger partial charge is 0.481 e. The molecule has 0 aliphatic carbocycles. The van der Waals surface area contributed by atoms with E-state index >= 15 is 0 Å². The number of carbonyl (C=O) groups excluding carboxylic acids is 1. The van der Waals surface area contributed by atoms with Crippen LogP contribution in [0.3, 0.4) is 0 Å². The molecule has 0 spiro atoms. The van der Waals surface area contributed by atoms with Gasteiger partial charge in [0.25, 0.3) is 0 Å². The van der Waals surface area contributed by atoms with Crippen molar-refractivity contribution in [3.05, 3.63) is 0 Å². The van der Waals surface area contributed by atoms with Crippen molar-refractivity contribution >= 4 is 11.9 Å². The van der Waals surface area contributed by atoms with Gasteiger partial charge in [0.05, 0.1) is 12.5 Å². The molecule has 4 N–H and O–H groups in total. The van der Waals surface area contributed by atoms with E-state index in [0.29, 0.717) is 0 Å². The van der Waals surface area contributed by atoms with E-state index in [1.807, 2.05) is 20.8 Å². The zero-order valence-corrected chi connectivity index (χ0v) is 10.8. The molecule has 0 aliphatic rings. The Morgan fingerprint density at radius 1 is 1.35 bits per heavy atom. The fraction of sp³-hybridized carbons (Fsp3) is 0.818. The highest BCUT2D eigenvalue weighted by molar-refractivity contribution is 5.86. The van der Waals surface area contributed by atoms with Crippen molar-refractivity contribution in [3.63, 3.8) is 0 Å². The molecule has 2 atom stereocenters. The first-order chi connectivity index (χ1) is 7.90. The number of hydrogen-bond donors (Lipinski definition) is 3. The zero-order valence-electron chi connectivity index (χ0n) is 10.8. The molecule has 0 saturated carbocycles. The van der Waals surface area contributed by atoms with Crippen LogP contribution in [0.1, 0.15) is 27.2 Å². The molecule has 100 valence electrons. The third-order valence-corrected chi connectivity index (χ3v) is 2.55. The summed E-state index contributed by atoms with van der Waals surface area (Å²) in [7, 11) is 0. The lowest BCUT2D eigenvalue weighted by atomic mass is 10.2. The lowest BCUT2D eigenvalue weighted by Gasteiger charge is -2.24. The van der Waals surface area contributed by atoms with Crippen LogP contribution in [0.4, 0.5) is 0 Å². The van der Waals surface area contributed by atoms with Crippen LogP contribution in [0.15, 0.2) is 0 Å². The second-order valence-corrected chi connectivity index (χ2v) is 4.10. The molecule has 0 aliphatic heterocycles. The monoisotopic (exact) mass is 245 g/mol. The summed E-state index contributed by atoms with van der Waals surface area (Å²) in [6.45, 7) is 8.54. The molecule has 0 aromatic heterocycles. The first kappa shape index (κ1) is 15.9. The summed E-state index contributed by atoms with van der Waals surface area (Å²) in [5, 5.41) is 11.2. The highest BCUT2D eigenvalue weighted by Crippen LogP contribution is 1.94. The maximum Gasteiger partial charge on any atom is 0.305 e. The van der Waals surface area contributed by atoms with Crippen molar-refractivity contribution < 1.29 is 14.7 Å². The van der Waals surface area contributed by atoms with Crippen molar-refractivity contribution in [3.8, 4) is 0 Å². The molecule has 0 fully saturated rings. The summed E-state index contributed by atoms with van der Waals surface area (Å²) in [6.07, 6.45) is -0.343. The average molecular weight is 245 g/mol. The Morgan fingerprint density at radius 3 is 2.29 bits per heavy atom. The predicted octanol–water partition coefficient (Wildman–Crippen LogP) is -0.365. The van der Waals surface area contributed by atoms with E-state index in [2.05, 4.69) is 10.2 Å². The van der Waals surface area contributed by atoms with Gasteiger partial charge in [-0.05, 0) is 20.0 Å². The van der Waals surface area contributed by atoms with Crippen LogP contribution in [0.2, 0.25) is 0 Å². The van der Waals surface area contributed by atoms with Gasteiger partial charge in [0.15, 0.2) is 0 Å². The molecule has 0 aromatic rings. The summed E-state index contributed by atoms with van der Waals surface area (Å²) in [5.74, 6) is -1.48. The molecule has 0 radical (unpaired) electrons. The smallest absolute Gasteiger partial charge is 0.305 e. The van der Waals surface area contributed by atoms with Crippen molar-refractivity contribution in [2.24, 2.45) is 5.73 Å². The van der Waals surface area contributed by atoms with Gasteiger partial charge < -0.3 is 21.1 Å². The average Bonchev–Trinajstić information content (AvgIpc) is 2.24. The van der Waals surface area contributed by atoms with Crippen molar-refractivity contribution in [1.82, 2.24) is 10.2 Å². The van der Waals surface area contributed by atoms with Crippen LogP contribution >= 0.6 is 0 Å². The number of likely N-dealkylation sites (N-methyl/N-ethyl adjacent to an activating group) is 1. The van der Waals surface area contributed by atoms with Gasteiger partial charge in [-0.3, -0.25) is 9.59 Å². The molecule has 1 amide bonds. The van der Waals surface area contributed by atoms with E-state index in [4.69, 9.17) is 10.8 Å². The lowest BCUT2D eigenvalue weighted by molar-refractivity contribution is -0.139. The molecule has 0 heterocycles. The minimum atomic E-state index is -1.07. The summed E-state index contributed by atoms with van der Waals surface area (Å²) >= 11 is 0. The Bertz CT molecular complexity index is 254. The van der Waals surface area contributed by atoms with Crippen LogP contribution < -0.4 is 11.1 Å². The van der Waals surface area contributed by atoms with Gasteiger partial charge in [-0.25, -0.2) is 0 Å². The molecule has 0 bridgehead atoms. The normalized spacial score (nSPS) is 14.4. The molecule has 6 heteroatoms. The molecule has 0 rings (SSSR count). The summed E-state index contributed by atoms with van der Waals surface area (Å²) in [4.78, 5) is 24.1. The minimum Gasteiger partial charge on any atom is -0.481 e. The van der Waals surface area contributed by atoms with E-state index in [0.717, 1.165) is 19.6 Å². The standard InChI is InChI=1S/C11H23N3O3/c1-4-14(5-2)7-8(3)13-11(17)9(12)6-10(15)16/h8-9H,4-7,12H2,1-3H3,(H,13,17)(H,15,16). The number of amides is 1. The number of nitrogens with two attached hydrogens (primary N) is 1. The zero-order chi connectivity index (χ0) is 13.4. The lowest BCUT2D eigenvalue weighted by Crippen LogP contribution is -2.48. The van der Waals surface area contributed by atoms with E-state index in [9.17, 15) is 9.59 Å². The van der Waals surface area contributed by atoms with Crippen LogP contribution in [0.25, 0.3) is 0 Å². The van der Waals surface area contributed by atoms with Crippen molar-refractivity contribution in [2.45, 2.75) is 39.3 Å². The Kier molecular flexibility index (Phi) is 7.49. The van der Waals surface area contributed by atoms with Gasteiger partial charge in [-0.1, -0.05) is 13.8 Å². The number of nitrogens with zero attached hydrogens (tertiary/aromatic N) is 1. The number of hydrogen-bond acceptors (Lipinski definition) is 4. The quantitative estimate of drug-likeness (QED) is 0.542. The Hall–Kier alpha value is -1.14. The van der Waals surface area contributed by atoms with E-state index in [1.54, 1.807) is 0 Å². The highest BCUT2D eigenvalue weighted by atomic mass is 16.4. The summed E-state index contributed by atoms with van der Waals surface area (Å²) < 4.78 is 0. The molecular weight excluding hydrogens is 222 g/mol. The Labute approximate surface area is 102 Å². The van der Waals surface area contributed by atoms with Crippen molar-refractivity contribution in [2.75, 3.05) is 19.6 Å². The third-order valence-electron chi connectivity index (χ3n) is 2.55. The number of carboxylic acids is 1. The molecule has 0 aromatic carbocycles. The number of nitrogens with one attached hydrogen (secondary N) is 1. The second-order valence-electron chi connectivity index (χ2n) is 4.10. The predicted molar refractivity (Wildman–Crippen MR) is 65.6 cm³/mol. The SMILES string of the molecule is CCN(CC)CC(C)NC(=O)C(N)CC(=O)O. The molecule has 2 unspecified atom stereocenters. The van der Waals surface area contributed by atoms with Gasteiger partial charge in [0.1, 0.15) is 0 Å². The van der Waals surface area contributed by atoms with Crippen LogP contribution in [0.5, 0.6) is 0 Å². The minimum absolute atomic E-state index is 0.0396. The van der Waals surface area contributed by atoms with E-state index in [-0.39, 0.29) is 12.5 Å². The van der Waals surface area contributed by atoms with E-state index in [1.165, 1.54) is 0 Å². The molecular formula is C11H23N3O3. The van der Waals surface area contributed by atoms with Crippen LogP contribution in [0, 0.1) is 0 Å². The fourth-order valence-corrected chi connectivity index (χ4v) is 1.55. The van der Waals surface area contributed by atoms with Crippen LogP contribution in [-0.4, -0.2) is 53.6 Å². The number of rotatable bonds is 8. The third kappa shape index (κ3) is 6.91. The van der Waals surface area contributed by atoms with Crippen LogP contribution in [-0.2, 0) is 9.59 Å². The second kappa shape index (κ2) is 8.03. The summed E-state index contributed by atoms with van der Waals surface area (Å²) in [6, 6.07) is -1.02. The Morgan fingerprint density at radius 2 is 1.88 bits per heavy atom. The maximum absolute atomic E-state index is 11.5.